The molecule has 0 saturated carbocycles. The number of rotatable bonds is 10. The van der Waals surface area contributed by atoms with Gasteiger partial charge in [0.15, 0.2) is 17.6 Å². The number of amides is 1. The fourth-order valence-electron chi connectivity index (χ4n) is 3.76. The van der Waals surface area contributed by atoms with Crippen LogP contribution in [0.2, 0.25) is 0 Å². The standard InChI is InChI=1S/C30H27BrN2O6/c1-4-24(38-26-16-12-20-7-5-6-8-23(20)28(26)31)29(34)33-32-18-19-9-15-25(27(17-19)37-3)39-30(35)21-10-13-22(36-2)14-11-21/h5-18,24H,4H2,1-3H3,(H,33,34)/b32-18-/t24-/m0/s1. The van der Waals surface area contributed by atoms with Gasteiger partial charge in [0.05, 0.1) is 30.5 Å². The number of benzene rings is 4. The van der Waals surface area contributed by atoms with E-state index in [-0.39, 0.29) is 11.7 Å². The number of carbonyl (C=O) groups is 2. The Kier molecular flexibility index (Phi) is 9.17. The highest BCUT2D eigenvalue weighted by Crippen LogP contribution is 2.34. The quantitative estimate of drug-likeness (QED) is 0.103. The zero-order valence-electron chi connectivity index (χ0n) is 21.6. The average Bonchev–Trinajstić information content (AvgIpc) is 2.97. The van der Waals surface area contributed by atoms with Crippen molar-refractivity contribution in [2.75, 3.05) is 14.2 Å². The highest BCUT2D eigenvalue weighted by atomic mass is 79.9. The van der Waals surface area contributed by atoms with Crippen molar-refractivity contribution in [2.24, 2.45) is 5.10 Å². The monoisotopic (exact) mass is 590 g/mol. The molecule has 0 aliphatic heterocycles. The number of methoxy groups -OCH3 is 2. The Morgan fingerprint density at radius 1 is 0.923 bits per heavy atom. The molecule has 1 N–H and O–H groups in total. The second-order valence-corrected chi connectivity index (χ2v) is 9.17. The molecule has 0 aromatic heterocycles. The second-order valence-electron chi connectivity index (χ2n) is 8.38. The summed E-state index contributed by atoms with van der Waals surface area (Å²) in [4.78, 5) is 25.3. The van der Waals surface area contributed by atoms with Crippen molar-refractivity contribution >= 4 is 44.8 Å². The van der Waals surface area contributed by atoms with Crippen LogP contribution in [0, 0.1) is 0 Å². The predicted molar refractivity (Wildman–Crippen MR) is 153 cm³/mol. The van der Waals surface area contributed by atoms with E-state index in [1.807, 2.05) is 43.3 Å². The topological polar surface area (TPSA) is 95.5 Å². The maximum absolute atomic E-state index is 12.8. The molecule has 8 nitrogen and oxygen atoms in total. The third-order valence-electron chi connectivity index (χ3n) is 5.86. The Morgan fingerprint density at radius 3 is 2.38 bits per heavy atom. The third kappa shape index (κ3) is 6.74. The summed E-state index contributed by atoms with van der Waals surface area (Å²) in [5, 5.41) is 6.12. The molecule has 1 atom stereocenters. The first-order valence-corrected chi connectivity index (χ1v) is 12.9. The van der Waals surface area contributed by atoms with Crippen LogP contribution in [0.4, 0.5) is 0 Å². The molecule has 0 spiro atoms. The molecule has 0 unspecified atom stereocenters. The number of halogens is 1. The number of ether oxygens (including phenoxy) is 4. The first kappa shape index (κ1) is 27.7. The van der Waals surface area contributed by atoms with Gasteiger partial charge in [-0.3, -0.25) is 4.79 Å². The van der Waals surface area contributed by atoms with Crippen LogP contribution in [0.15, 0.2) is 88.4 Å². The Hall–Kier alpha value is -4.37. The molecule has 39 heavy (non-hydrogen) atoms. The van der Waals surface area contributed by atoms with Crippen LogP contribution in [0.3, 0.4) is 0 Å². The molecular formula is C30H27BrN2O6. The molecule has 9 heteroatoms. The maximum atomic E-state index is 12.8. The summed E-state index contributed by atoms with van der Waals surface area (Å²) in [6.07, 6.45) is 1.17. The molecule has 0 aliphatic rings. The lowest BCUT2D eigenvalue weighted by molar-refractivity contribution is -0.128. The number of hydrazone groups is 1. The zero-order chi connectivity index (χ0) is 27.8. The summed E-state index contributed by atoms with van der Waals surface area (Å²) in [5.41, 5.74) is 3.53. The smallest absolute Gasteiger partial charge is 0.343 e. The number of carbonyl (C=O) groups excluding carboxylic acids is 2. The van der Waals surface area contributed by atoms with Crippen LogP contribution >= 0.6 is 15.9 Å². The number of nitrogens with one attached hydrogen (secondary N) is 1. The van der Waals surface area contributed by atoms with E-state index in [4.69, 9.17) is 18.9 Å². The lowest BCUT2D eigenvalue weighted by Crippen LogP contribution is -2.35. The van der Waals surface area contributed by atoms with Gasteiger partial charge in [0.2, 0.25) is 0 Å². The number of esters is 1. The van der Waals surface area contributed by atoms with Gasteiger partial charge in [0, 0.05) is 0 Å². The fourth-order valence-corrected chi connectivity index (χ4v) is 4.34. The maximum Gasteiger partial charge on any atom is 0.343 e. The van der Waals surface area contributed by atoms with Gasteiger partial charge in [0.25, 0.3) is 5.91 Å². The normalized spacial score (nSPS) is 11.7. The second kappa shape index (κ2) is 12.9. The third-order valence-corrected chi connectivity index (χ3v) is 6.68. The molecule has 0 radical (unpaired) electrons. The van der Waals surface area contributed by atoms with Crippen molar-refractivity contribution < 1.29 is 28.5 Å². The van der Waals surface area contributed by atoms with E-state index < -0.39 is 12.1 Å². The van der Waals surface area contributed by atoms with E-state index >= 15 is 0 Å². The van der Waals surface area contributed by atoms with Crippen LogP contribution in [0.25, 0.3) is 10.8 Å². The van der Waals surface area contributed by atoms with Gasteiger partial charge >= 0.3 is 5.97 Å². The van der Waals surface area contributed by atoms with Gasteiger partial charge in [-0.2, -0.15) is 5.10 Å². The largest absolute Gasteiger partial charge is 0.497 e. The highest BCUT2D eigenvalue weighted by molar-refractivity contribution is 9.10. The summed E-state index contributed by atoms with van der Waals surface area (Å²) in [6.45, 7) is 1.86. The van der Waals surface area contributed by atoms with E-state index in [1.165, 1.54) is 13.3 Å². The number of nitrogens with zero attached hydrogens (tertiary/aromatic N) is 1. The minimum atomic E-state index is -0.742. The summed E-state index contributed by atoms with van der Waals surface area (Å²) in [7, 11) is 3.02. The van der Waals surface area contributed by atoms with Crippen molar-refractivity contribution in [1.82, 2.24) is 5.43 Å². The van der Waals surface area contributed by atoms with Crippen molar-refractivity contribution in [3.8, 4) is 23.0 Å². The lowest BCUT2D eigenvalue weighted by Gasteiger charge is -2.17. The molecule has 1 amide bonds. The molecule has 4 rings (SSSR count). The van der Waals surface area contributed by atoms with Crippen LogP contribution < -0.4 is 24.4 Å². The van der Waals surface area contributed by atoms with E-state index in [9.17, 15) is 9.59 Å². The molecule has 200 valence electrons. The van der Waals surface area contributed by atoms with E-state index in [0.717, 1.165) is 15.2 Å². The summed E-state index contributed by atoms with van der Waals surface area (Å²) >= 11 is 3.59. The van der Waals surface area contributed by atoms with E-state index in [1.54, 1.807) is 49.6 Å². The average molecular weight is 591 g/mol. The lowest BCUT2D eigenvalue weighted by atomic mass is 10.1. The summed E-state index contributed by atoms with van der Waals surface area (Å²) in [6, 6.07) is 23.2. The SMILES string of the molecule is CC[C@H](Oc1ccc2ccccc2c1Br)C(=O)N/N=C\c1ccc(OC(=O)c2ccc(OC)cc2)c(OC)c1. The molecule has 0 saturated heterocycles. The number of hydrogen-bond acceptors (Lipinski definition) is 7. The van der Waals surface area contributed by atoms with Crippen LogP contribution in [0.5, 0.6) is 23.0 Å². The molecule has 4 aromatic carbocycles. The molecular weight excluding hydrogens is 564 g/mol. The molecule has 0 fully saturated rings. The van der Waals surface area contributed by atoms with Gasteiger partial charge in [0.1, 0.15) is 11.5 Å². The summed E-state index contributed by atoms with van der Waals surface area (Å²) < 4.78 is 22.8. The Labute approximate surface area is 234 Å². The first-order valence-electron chi connectivity index (χ1n) is 12.1. The first-order chi connectivity index (χ1) is 18.9. The molecule has 0 heterocycles. The highest BCUT2D eigenvalue weighted by Gasteiger charge is 2.20. The molecule has 0 aliphatic carbocycles. The van der Waals surface area contributed by atoms with Crippen molar-refractivity contribution in [1.29, 1.82) is 0 Å². The number of fused-ring (bicyclic) bond motifs is 1. The Morgan fingerprint density at radius 2 is 1.67 bits per heavy atom. The van der Waals surface area contributed by atoms with Crippen molar-refractivity contribution in [3.63, 3.8) is 0 Å². The minimum absolute atomic E-state index is 0.250. The van der Waals surface area contributed by atoms with Crippen LogP contribution in [-0.4, -0.2) is 38.4 Å². The zero-order valence-corrected chi connectivity index (χ0v) is 23.2. The van der Waals surface area contributed by atoms with Gasteiger partial charge in [-0.05, 0) is 87.2 Å². The van der Waals surface area contributed by atoms with Crippen molar-refractivity contribution in [3.05, 3.63) is 94.5 Å². The molecule has 0 bridgehead atoms. The predicted octanol–water partition coefficient (Wildman–Crippen LogP) is 6.15. The number of hydrogen-bond donors (Lipinski definition) is 1. The minimum Gasteiger partial charge on any atom is -0.497 e. The Balaban J connectivity index is 1.39. The summed E-state index contributed by atoms with van der Waals surface area (Å²) in [5.74, 6) is 0.879. The van der Waals surface area contributed by atoms with E-state index in [2.05, 4.69) is 26.5 Å². The molecule has 4 aromatic rings. The van der Waals surface area contributed by atoms with Gasteiger partial charge in [-0.15, -0.1) is 0 Å². The van der Waals surface area contributed by atoms with Crippen LogP contribution in [0.1, 0.15) is 29.3 Å². The van der Waals surface area contributed by atoms with E-state index in [0.29, 0.717) is 34.8 Å². The van der Waals surface area contributed by atoms with Gasteiger partial charge in [-0.25, -0.2) is 10.2 Å². The van der Waals surface area contributed by atoms with Crippen molar-refractivity contribution in [2.45, 2.75) is 19.4 Å². The van der Waals surface area contributed by atoms with Crippen LogP contribution in [-0.2, 0) is 4.79 Å². The van der Waals surface area contributed by atoms with Gasteiger partial charge in [-0.1, -0.05) is 37.3 Å². The fraction of sp³-hybridized carbons (Fsp3) is 0.167. The van der Waals surface area contributed by atoms with Gasteiger partial charge < -0.3 is 18.9 Å². The Bertz CT molecular complexity index is 1500.